The third-order valence-corrected chi connectivity index (χ3v) is 3.15. The molecule has 0 fully saturated rings. The quantitative estimate of drug-likeness (QED) is 0.882. The molecule has 3 nitrogen and oxygen atoms in total. The lowest BCUT2D eigenvalue weighted by molar-refractivity contribution is 0.555. The number of aromatic nitrogens is 2. The second-order valence-electron chi connectivity index (χ2n) is 4.44. The van der Waals surface area contributed by atoms with E-state index in [1.54, 1.807) is 17.7 Å². The second-order valence-corrected chi connectivity index (χ2v) is 5.33. The molecule has 0 aliphatic carbocycles. The lowest BCUT2D eigenvalue weighted by atomic mass is 10.2. The third-order valence-electron chi connectivity index (χ3n) is 2.37. The van der Waals surface area contributed by atoms with Crippen molar-refractivity contribution < 1.29 is 0 Å². The maximum Gasteiger partial charge on any atom is 0.0859 e. The van der Waals surface area contributed by atoms with E-state index < -0.39 is 0 Å². The predicted octanol–water partition coefficient (Wildman–Crippen LogP) is 2.95. The first-order valence-corrected chi connectivity index (χ1v) is 6.60. The standard InChI is InChI=1S/C13H17N3S/c1-10(2)7-15-9-12-6-13(16-17-12)11-4-3-5-14-8-11/h3-6,8,10,15H,7,9H2,1-2H3. The van der Waals surface area contributed by atoms with Gasteiger partial charge < -0.3 is 5.32 Å². The molecule has 4 heteroatoms. The van der Waals surface area contributed by atoms with E-state index in [4.69, 9.17) is 0 Å². The van der Waals surface area contributed by atoms with Crippen LogP contribution in [0.5, 0.6) is 0 Å². The zero-order valence-electron chi connectivity index (χ0n) is 10.2. The maximum absolute atomic E-state index is 4.45. The van der Waals surface area contributed by atoms with Crippen LogP contribution in [0.2, 0.25) is 0 Å². The molecule has 0 aliphatic heterocycles. The lowest BCUT2D eigenvalue weighted by Gasteiger charge is -2.04. The van der Waals surface area contributed by atoms with E-state index in [1.807, 2.05) is 18.3 Å². The van der Waals surface area contributed by atoms with Crippen LogP contribution in [0.1, 0.15) is 18.7 Å². The molecule has 0 bridgehead atoms. The lowest BCUT2D eigenvalue weighted by Crippen LogP contribution is -2.18. The Balaban J connectivity index is 1.97. The highest BCUT2D eigenvalue weighted by molar-refractivity contribution is 7.06. The summed E-state index contributed by atoms with van der Waals surface area (Å²) in [7, 11) is 0. The van der Waals surface area contributed by atoms with Gasteiger partial charge in [-0.25, -0.2) is 0 Å². The molecule has 90 valence electrons. The molecule has 0 atom stereocenters. The molecule has 0 amide bonds. The Morgan fingerprint density at radius 2 is 2.29 bits per heavy atom. The SMILES string of the molecule is CC(C)CNCc1cc(-c2cccnc2)ns1. The Morgan fingerprint density at radius 3 is 3.00 bits per heavy atom. The summed E-state index contributed by atoms with van der Waals surface area (Å²) in [6.45, 7) is 6.36. The Hall–Kier alpha value is -1.26. The number of rotatable bonds is 5. The molecular formula is C13H17N3S. The third kappa shape index (κ3) is 3.61. The summed E-state index contributed by atoms with van der Waals surface area (Å²) >= 11 is 1.56. The highest BCUT2D eigenvalue weighted by Crippen LogP contribution is 2.20. The average Bonchev–Trinajstić information content (AvgIpc) is 2.78. The topological polar surface area (TPSA) is 37.8 Å². The fourth-order valence-corrected chi connectivity index (χ4v) is 2.24. The summed E-state index contributed by atoms with van der Waals surface area (Å²) in [5.74, 6) is 0.681. The predicted molar refractivity (Wildman–Crippen MR) is 71.9 cm³/mol. The van der Waals surface area contributed by atoms with Gasteiger partial charge in [0.1, 0.15) is 0 Å². The van der Waals surface area contributed by atoms with Crippen LogP contribution in [-0.4, -0.2) is 15.9 Å². The summed E-state index contributed by atoms with van der Waals surface area (Å²) < 4.78 is 4.45. The van der Waals surface area contributed by atoms with Crippen LogP contribution >= 0.6 is 11.5 Å². The monoisotopic (exact) mass is 247 g/mol. The largest absolute Gasteiger partial charge is 0.312 e. The Morgan fingerprint density at radius 1 is 1.41 bits per heavy atom. The number of pyridine rings is 1. The maximum atomic E-state index is 4.45. The van der Waals surface area contributed by atoms with Crippen molar-refractivity contribution in [3.63, 3.8) is 0 Å². The summed E-state index contributed by atoms with van der Waals surface area (Å²) in [5, 5.41) is 3.42. The van der Waals surface area contributed by atoms with E-state index in [1.165, 1.54) is 4.88 Å². The van der Waals surface area contributed by atoms with Crippen molar-refractivity contribution in [2.45, 2.75) is 20.4 Å². The smallest absolute Gasteiger partial charge is 0.0859 e. The van der Waals surface area contributed by atoms with Crippen LogP contribution in [0, 0.1) is 5.92 Å². The van der Waals surface area contributed by atoms with E-state index in [2.05, 4.69) is 34.6 Å². The average molecular weight is 247 g/mol. The minimum atomic E-state index is 0.681. The van der Waals surface area contributed by atoms with Crippen LogP contribution in [0.15, 0.2) is 30.6 Å². The first kappa shape index (κ1) is 12.2. The van der Waals surface area contributed by atoms with Crippen molar-refractivity contribution in [2.75, 3.05) is 6.54 Å². The molecule has 2 heterocycles. The molecule has 2 aromatic heterocycles. The van der Waals surface area contributed by atoms with Crippen LogP contribution in [0.4, 0.5) is 0 Å². The molecule has 0 spiro atoms. The van der Waals surface area contributed by atoms with E-state index in [0.717, 1.165) is 24.3 Å². The van der Waals surface area contributed by atoms with Crippen LogP contribution in [0.3, 0.4) is 0 Å². The highest BCUT2D eigenvalue weighted by atomic mass is 32.1. The molecular weight excluding hydrogens is 230 g/mol. The van der Waals surface area contributed by atoms with E-state index in [9.17, 15) is 0 Å². The Labute approximate surface area is 106 Å². The molecule has 0 radical (unpaired) electrons. The zero-order valence-corrected chi connectivity index (χ0v) is 11.0. The van der Waals surface area contributed by atoms with Crippen molar-refractivity contribution in [2.24, 2.45) is 5.92 Å². The molecule has 0 unspecified atom stereocenters. The number of hydrogen-bond acceptors (Lipinski definition) is 4. The van der Waals surface area contributed by atoms with Gasteiger partial charge in [0, 0.05) is 29.4 Å². The van der Waals surface area contributed by atoms with Gasteiger partial charge in [-0.3, -0.25) is 4.98 Å². The van der Waals surface area contributed by atoms with Gasteiger partial charge in [0.25, 0.3) is 0 Å². The molecule has 0 saturated carbocycles. The number of nitrogens with zero attached hydrogens (tertiary/aromatic N) is 2. The second kappa shape index (κ2) is 5.89. The van der Waals surface area contributed by atoms with Gasteiger partial charge in [0.2, 0.25) is 0 Å². The summed E-state index contributed by atoms with van der Waals surface area (Å²) in [6, 6.07) is 6.10. The van der Waals surface area contributed by atoms with Gasteiger partial charge >= 0.3 is 0 Å². The van der Waals surface area contributed by atoms with Crippen LogP contribution in [-0.2, 0) is 6.54 Å². The van der Waals surface area contributed by atoms with Gasteiger partial charge in [0.05, 0.1) is 5.69 Å². The van der Waals surface area contributed by atoms with E-state index in [-0.39, 0.29) is 0 Å². The van der Waals surface area contributed by atoms with Gasteiger partial charge in [-0.2, -0.15) is 4.37 Å². The van der Waals surface area contributed by atoms with Crippen molar-refractivity contribution >= 4 is 11.5 Å². The Kier molecular flexibility index (Phi) is 4.23. The zero-order chi connectivity index (χ0) is 12.1. The molecule has 2 rings (SSSR count). The van der Waals surface area contributed by atoms with E-state index in [0.29, 0.717) is 5.92 Å². The Bertz CT molecular complexity index is 451. The van der Waals surface area contributed by atoms with Gasteiger partial charge in [-0.1, -0.05) is 13.8 Å². The normalized spacial score (nSPS) is 11.0. The first-order chi connectivity index (χ1) is 8.25. The fourth-order valence-electron chi connectivity index (χ4n) is 1.53. The molecule has 0 aliphatic rings. The van der Waals surface area contributed by atoms with Crippen molar-refractivity contribution in [1.29, 1.82) is 0 Å². The minimum absolute atomic E-state index is 0.681. The summed E-state index contributed by atoms with van der Waals surface area (Å²) in [5.41, 5.74) is 2.10. The van der Waals surface area contributed by atoms with Crippen LogP contribution < -0.4 is 5.32 Å². The van der Waals surface area contributed by atoms with Gasteiger partial charge in [0.15, 0.2) is 0 Å². The number of nitrogens with one attached hydrogen (secondary N) is 1. The first-order valence-electron chi connectivity index (χ1n) is 5.82. The van der Waals surface area contributed by atoms with Gasteiger partial charge in [-0.15, -0.1) is 0 Å². The molecule has 0 aromatic carbocycles. The van der Waals surface area contributed by atoms with Crippen molar-refractivity contribution in [3.05, 3.63) is 35.5 Å². The molecule has 1 N–H and O–H groups in total. The fraction of sp³-hybridized carbons (Fsp3) is 0.385. The van der Waals surface area contributed by atoms with Crippen molar-refractivity contribution in [1.82, 2.24) is 14.7 Å². The van der Waals surface area contributed by atoms with E-state index >= 15 is 0 Å². The highest BCUT2D eigenvalue weighted by Gasteiger charge is 2.04. The summed E-state index contributed by atoms with van der Waals surface area (Å²) in [6.07, 6.45) is 3.63. The molecule has 0 saturated heterocycles. The minimum Gasteiger partial charge on any atom is -0.312 e. The molecule has 2 aromatic rings. The van der Waals surface area contributed by atoms with Crippen molar-refractivity contribution in [3.8, 4) is 11.3 Å². The summed E-state index contributed by atoms with van der Waals surface area (Å²) in [4.78, 5) is 5.37. The molecule has 17 heavy (non-hydrogen) atoms. The number of hydrogen-bond donors (Lipinski definition) is 1. The van der Waals surface area contributed by atoms with Crippen LogP contribution in [0.25, 0.3) is 11.3 Å². The van der Waals surface area contributed by atoms with Gasteiger partial charge in [-0.05, 0) is 42.2 Å².